The zero-order chi connectivity index (χ0) is 11.2. The molecule has 0 radical (unpaired) electrons. The minimum Gasteiger partial charge on any atom is -0.355 e. The summed E-state index contributed by atoms with van der Waals surface area (Å²) in [7, 11) is 0. The van der Waals surface area contributed by atoms with Gasteiger partial charge in [0.1, 0.15) is 0 Å². The summed E-state index contributed by atoms with van der Waals surface area (Å²) in [6, 6.07) is 0. The van der Waals surface area contributed by atoms with E-state index in [1.54, 1.807) is 0 Å². The molecule has 16 heavy (non-hydrogen) atoms. The molecule has 0 aromatic carbocycles. The Morgan fingerprint density at radius 2 is 2.00 bits per heavy atom. The third-order valence-electron chi connectivity index (χ3n) is 3.38. The molecule has 3 heteroatoms. The van der Waals surface area contributed by atoms with Crippen LogP contribution < -0.4 is 10.6 Å². The Morgan fingerprint density at radius 1 is 1.12 bits per heavy atom. The van der Waals surface area contributed by atoms with Crippen LogP contribution in [0.3, 0.4) is 0 Å². The quantitative estimate of drug-likeness (QED) is 0.668. The molecule has 1 saturated carbocycles. The van der Waals surface area contributed by atoms with Gasteiger partial charge in [0.15, 0.2) is 0 Å². The minimum atomic E-state index is 0.151. The first-order valence-corrected chi connectivity index (χ1v) is 6.47. The number of carbonyl (C=O) groups excluding carboxylic acids is 1. The number of hydrogen-bond acceptors (Lipinski definition) is 2. The molecule has 0 aromatic rings. The third kappa shape index (κ3) is 4.35. The summed E-state index contributed by atoms with van der Waals surface area (Å²) in [5.41, 5.74) is 0. The van der Waals surface area contributed by atoms with Crippen LogP contribution in [0.2, 0.25) is 0 Å². The van der Waals surface area contributed by atoms with E-state index in [9.17, 15) is 4.79 Å². The van der Waals surface area contributed by atoms with Crippen molar-refractivity contribution in [3.63, 3.8) is 0 Å². The van der Waals surface area contributed by atoms with Gasteiger partial charge in [-0.3, -0.25) is 4.79 Å². The van der Waals surface area contributed by atoms with E-state index < -0.39 is 0 Å². The highest BCUT2D eigenvalue weighted by Crippen LogP contribution is 2.27. The molecular weight excluding hydrogens is 200 g/mol. The van der Waals surface area contributed by atoms with Gasteiger partial charge in [0.2, 0.25) is 5.91 Å². The lowest BCUT2D eigenvalue weighted by Gasteiger charge is -2.17. The zero-order valence-electron chi connectivity index (χ0n) is 9.87. The third-order valence-corrected chi connectivity index (χ3v) is 3.38. The molecular formula is C13H22N2O. The van der Waals surface area contributed by atoms with Gasteiger partial charge >= 0.3 is 0 Å². The number of hydrogen-bond donors (Lipinski definition) is 2. The van der Waals surface area contributed by atoms with E-state index in [0.717, 1.165) is 31.3 Å². The monoisotopic (exact) mass is 222 g/mol. The first-order chi connectivity index (χ1) is 7.84. The molecule has 1 atom stereocenters. The van der Waals surface area contributed by atoms with Gasteiger partial charge in [0, 0.05) is 6.54 Å². The summed E-state index contributed by atoms with van der Waals surface area (Å²) >= 11 is 0. The fraction of sp³-hybridized carbons (Fsp3) is 0.769. The summed E-state index contributed by atoms with van der Waals surface area (Å²) in [4.78, 5) is 11.4. The number of rotatable bonds is 6. The van der Waals surface area contributed by atoms with E-state index in [2.05, 4.69) is 22.8 Å². The maximum absolute atomic E-state index is 11.4. The second-order valence-electron chi connectivity index (χ2n) is 5.03. The summed E-state index contributed by atoms with van der Waals surface area (Å²) in [5, 5.41) is 6.22. The van der Waals surface area contributed by atoms with Crippen LogP contribution in [0, 0.1) is 11.8 Å². The molecule has 90 valence electrons. The van der Waals surface area contributed by atoms with E-state index in [1.807, 2.05) is 0 Å². The van der Waals surface area contributed by atoms with Crippen molar-refractivity contribution in [3.05, 3.63) is 12.2 Å². The summed E-state index contributed by atoms with van der Waals surface area (Å²) in [6.45, 7) is 2.33. The summed E-state index contributed by atoms with van der Waals surface area (Å²) in [6.07, 6.45) is 10.7. The fourth-order valence-electron chi connectivity index (χ4n) is 2.07. The Kier molecular flexibility index (Phi) is 4.40. The van der Waals surface area contributed by atoms with E-state index in [4.69, 9.17) is 0 Å². The van der Waals surface area contributed by atoms with Crippen LogP contribution in [0.25, 0.3) is 0 Å². The van der Waals surface area contributed by atoms with Gasteiger partial charge in [0.05, 0.1) is 6.54 Å². The summed E-state index contributed by atoms with van der Waals surface area (Å²) < 4.78 is 0. The summed E-state index contributed by atoms with van der Waals surface area (Å²) in [5.74, 6) is 1.65. The molecule has 0 aliphatic heterocycles. The Hall–Kier alpha value is -0.830. The number of allylic oxidation sites excluding steroid dienone is 2. The van der Waals surface area contributed by atoms with Crippen molar-refractivity contribution in [2.75, 3.05) is 19.6 Å². The van der Waals surface area contributed by atoms with Crippen molar-refractivity contribution in [2.45, 2.75) is 32.1 Å². The van der Waals surface area contributed by atoms with Crippen molar-refractivity contribution >= 4 is 5.91 Å². The Morgan fingerprint density at radius 3 is 2.69 bits per heavy atom. The highest BCUT2D eigenvalue weighted by molar-refractivity contribution is 5.77. The highest BCUT2D eigenvalue weighted by Gasteiger charge is 2.21. The van der Waals surface area contributed by atoms with Crippen LogP contribution in [-0.2, 0) is 4.79 Å². The molecule has 0 aromatic heterocycles. The average molecular weight is 222 g/mol. The van der Waals surface area contributed by atoms with Gasteiger partial charge < -0.3 is 10.6 Å². The molecule has 2 N–H and O–H groups in total. The molecule has 3 nitrogen and oxygen atoms in total. The highest BCUT2D eigenvalue weighted by atomic mass is 16.1. The lowest BCUT2D eigenvalue weighted by Crippen LogP contribution is -2.37. The number of carbonyl (C=O) groups is 1. The molecule has 0 saturated heterocycles. The fourth-order valence-corrected chi connectivity index (χ4v) is 2.07. The first-order valence-electron chi connectivity index (χ1n) is 6.47. The number of amides is 1. The maximum atomic E-state index is 11.4. The van der Waals surface area contributed by atoms with Crippen LogP contribution in [-0.4, -0.2) is 25.5 Å². The van der Waals surface area contributed by atoms with E-state index >= 15 is 0 Å². The van der Waals surface area contributed by atoms with Crippen molar-refractivity contribution in [2.24, 2.45) is 11.8 Å². The molecule has 1 fully saturated rings. The van der Waals surface area contributed by atoms with Gasteiger partial charge in [-0.2, -0.15) is 0 Å². The van der Waals surface area contributed by atoms with Crippen LogP contribution in [0.4, 0.5) is 0 Å². The molecule has 1 amide bonds. The van der Waals surface area contributed by atoms with Crippen molar-refractivity contribution < 1.29 is 4.79 Å². The molecule has 0 heterocycles. The first kappa shape index (κ1) is 11.6. The molecule has 0 bridgehead atoms. The van der Waals surface area contributed by atoms with Crippen LogP contribution >= 0.6 is 0 Å². The lowest BCUT2D eigenvalue weighted by molar-refractivity contribution is -0.120. The smallest absolute Gasteiger partial charge is 0.233 e. The molecule has 2 aliphatic rings. The second-order valence-corrected chi connectivity index (χ2v) is 5.03. The minimum absolute atomic E-state index is 0.151. The lowest BCUT2D eigenvalue weighted by atomic mass is 9.94. The van der Waals surface area contributed by atoms with Crippen LogP contribution in [0.15, 0.2) is 12.2 Å². The number of nitrogens with one attached hydrogen (secondary N) is 2. The topological polar surface area (TPSA) is 41.1 Å². The van der Waals surface area contributed by atoms with E-state index in [0.29, 0.717) is 6.54 Å². The normalized spacial score (nSPS) is 24.4. The van der Waals surface area contributed by atoms with Crippen molar-refractivity contribution in [1.29, 1.82) is 0 Å². The van der Waals surface area contributed by atoms with E-state index in [1.165, 1.54) is 25.7 Å². The molecule has 0 spiro atoms. The van der Waals surface area contributed by atoms with Crippen LogP contribution in [0.1, 0.15) is 32.1 Å². The van der Waals surface area contributed by atoms with Crippen LogP contribution in [0.5, 0.6) is 0 Å². The van der Waals surface area contributed by atoms with Gasteiger partial charge in [0.25, 0.3) is 0 Å². The zero-order valence-corrected chi connectivity index (χ0v) is 9.87. The SMILES string of the molecule is O=C(CNCC1CC=CCC1)NCC1CC1. The van der Waals surface area contributed by atoms with Gasteiger partial charge in [-0.1, -0.05) is 12.2 Å². The van der Waals surface area contributed by atoms with Gasteiger partial charge in [-0.15, -0.1) is 0 Å². The Labute approximate surface area is 97.7 Å². The Balaban J connectivity index is 1.49. The van der Waals surface area contributed by atoms with Crippen molar-refractivity contribution in [1.82, 2.24) is 10.6 Å². The molecule has 2 rings (SSSR count). The predicted octanol–water partition coefficient (Wildman–Crippen LogP) is 1.46. The Bertz CT molecular complexity index is 259. The standard InChI is InChI=1S/C13H22N2O/c16-13(15-9-12-6-7-12)10-14-8-11-4-2-1-3-5-11/h1-2,11-12,14H,3-10H2,(H,15,16). The largest absolute Gasteiger partial charge is 0.355 e. The van der Waals surface area contributed by atoms with E-state index in [-0.39, 0.29) is 5.91 Å². The second kappa shape index (κ2) is 6.04. The van der Waals surface area contributed by atoms with Gasteiger partial charge in [-0.05, 0) is 50.5 Å². The predicted molar refractivity (Wildman–Crippen MR) is 65.1 cm³/mol. The maximum Gasteiger partial charge on any atom is 0.233 e. The van der Waals surface area contributed by atoms with Crippen molar-refractivity contribution in [3.8, 4) is 0 Å². The molecule has 1 unspecified atom stereocenters. The van der Waals surface area contributed by atoms with Gasteiger partial charge in [-0.25, -0.2) is 0 Å². The molecule has 2 aliphatic carbocycles. The average Bonchev–Trinajstić information content (AvgIpc) is 3.12.